The molecule has 1 rings (SSSR count). The van der Waals surface area contributed by atoms with Gasteiger partial charge in [-0.05, 0) is 12.5 Å². The minimum atomic E-state index is -0.0267. The first kappa shape index (κ1) is 7.35. The molecule has 0 amide bonds. The number of nitrogens with zero attached hydrogens (tertiary/aromatic N) is 1. The third-order valence-corrected chi connectivity index (χ3v) is 1.54. The zero-order valence-corrected chi connectivity index (χ0v) is 6.38. The summed E-state index contributed by atoms with van der Waals surface area (Å²) >= 11 is 5.74. The molecule has 0 radical (unpaired) electrons. The van der Waals surface area contributed by atoms with Gasteiger partial charge in [0, 0.05) is 12.1 Å². The summed E-state index contributed by atoms with van der Waals surface area (Å²) in [6.45, 7) is 1.87. The lowest BCUT2D eigenvalue weighted by atomic mass is 10.2. The third-order valence-electron chi connectivity index (χ3n) is 1.29. The first-order valence-electron chi connectivity index (χ1n) is 3.03. The monoisotopic (exact) mass is 157 g/mol. The number of alkyl halides is 1. The average Bonchev–Trinajstić information content (AvgIpc) is 1.88. The fraction of sp³-hybridized carbons (Fsp3) is 0.286. The van der Waals surface area contributed by atoms with E-state index >= 15 is 0 Å². The molecule has 0 aliphatic rings. The van der Waals surface area contributed by atoms with Crippen molar-refractivity contribution in [2.24, 2.45) is 0 Å². The summed E-state index contributed by atoms with van der Waals surface area (Å²) in [6.07, 6.45) is 2.88. The Hall–Kier alpha value is -0.760. The molecule has 2 nitrogen and oxygen atoms in total. The number of rotatable bonds is 1. The highest BCUT2D eigenvalue weighted by Gasteiger charge is 2.00. The van der Waals surface area contributed by atoms with E-state index in [1.807, 2.05) is 6.92 Å². The van der Waals surface area contributed by atoms with E-state index in [1.165, 1.54) is 12.4 Å². The Bertz CT molecular complexity index is 207. The Labute approximate surface area is 64.6 Å². The molecule has 0 saturated heterocycles. The van der Waals surface area contributed by atoms with Crippen molar-refractivity contribution in [3.8, 4) is 0 Å². The molecule has 0 bridgehead atoms. The van der Waals surface area contributed by atoms with E-state index in [-0.39, 0.29) is 5.38 Å². The standard InChI is InChI=1S/C7H8ClNO/c1-6(8)7-2-4-9(10)5-3-7/h2-6H,1H3/t6-/m0/s1. The van der Waals surface area contributed by atoms with Crippen molar-refractivity contribution in [3.63, 3.8) is 0 Å². The Kier molecular flexibility index (Phi) is 2.12. The van der Waals surface area contributed by atoms with Crippen LogP contribution < -0.4 is 4.73 Å². The fourth-order valence-corrected chi connectivity index (χ4v) is 0.835. The number of pyridine rings is 1. The Balaban J connectivity index is 2.89. The highest BCUT2D eigenvalue weighted by Crippen LogP contribution is 2.16. The molecule has 0 aliphatic carbocycles. The lowest BCUT2D eigenvalue weighted by Crippen LogP contribution is -2.23. The molecule has 3 heteroatoms. The summed E-state index contributed by atoms with van der Waals surface area (Å²) in [5.74, 6) is 0. The maximum atomic E-state index is 10.5. The molecule has 0 spiro atoms. The van der Waals surface area contributed by atoms with Crippen LogP contribution in [-0.2, 0) is 0 Å². The van der Waals surface area contributed by atoms with Gasteiger partial charge in [0.2, 0.25) is 0 Å². The Morgan fingerprint density at radius 3 is 2.40 bits per heavy atom. The van der Waals surface area contributed by atoms with E-state index in [0.29, 0.717) is 0 Å². The van der Waals surface area contributed by atoms with Crippen LogP contribution in [0.25, 0.3) is 0 Å². The fourth-order valence-electron chi connectivity index (χ4n) is 0.689. The van der Waals surface area contributed by atoms with Crippen LogP contribution >= 0.6 is 11.6 Å². The van der Waals surface area contributed by atoms with E-state index in [1.54, 1.807) is 12.1 Å². The molecule has 1 aromatic rings. The molecular weight excluding hydrogens is 150 g/mol. The minimum absolute atomic E-state index is 0.0267. The quantitative estimate of drug-likeness (QED) is 0.346. The van der Waals surface area contributed by atoms with E-state index < -0.39 is 0 Å². The van der Waals surface area contributed by atoms with Crippen molar-refractivity contribution < 1.29 is 4.73 Å². The van der Waals surface area contributed by atoms with Crippen molar-refractivity contribution in [1.82, 2.24) is 0 Å². The van der Waals surface area contributed by atoms with Crippen molar-refractivity contribution in [2.45, 2.75) is 12.3 Å². The highest BCUT2D eigenvalue weighted by atomic mass is 35.5. The maximum Gasteiger partial charge on any atom is 0.180 e. The molecule has 54 valence electrons. The SMILES string of the molecule is C[C@H](Cl)c1cc[n+]([O-])cc1. The minimum Gasteiger partial charge on any atom is -0.619 e. The lowest BCUT2D eigenvalue weighted by Gasteiger charge is -2.00. The first-order valence-corrected chi connectivity index (χ1v) is 3.46. The Morgan fingerprint density at radius 2 is 2.00 bits per heavy atom. The topological polar surface area (TPSA) is 26.9 Å². The number of hydrogen-bond donors (Lipinski definition) is 0. The molecule has 10 heavy (non-hydrogen) atoms. The molecule has 0 fully saturated rings. The van der Waals surface area contributed by atoms with Crippen LogP contribution in [0.1, 0.15) is 17.9 Å². The summed E-state index contributed by atoms with van der Waals surface area (Å²) in [7, 11) is 0. The molecule has 0 N–H and O–H groups in total. The molecule has 1 heterocycles. The Morgan fingerprint density at radius 1 is 1.50 bits per heavy atom. The van der Waals surface area contributed by atoms with E-state index in [2.05, 4.69) is 0 Å². The van der Waals surface area contributed by atoms with E-state index in [9.17, 15) is 5.21 Å². The van der Waals surface area contributed by atoms with Gasteiger partial charge in [-0.25, -0.2) is 0 Å². The lowest BCUT2D eigenvalue weighted by molar-refractivity contribution is -0.605. The highest BCUT2D eigenvalue weighted by molar-refractivity contribution is 6.20. The normalized spacial score (nSPS) is 13.0. The summed E-state index contributed by atoms with van der Waals surface area (Å²) < 4.78 is 0.739. The summed E-state index contributed by atoms with van der Waals surface area (Å²) in [5, 5.41) is 10.5. The van der Waals surface area contributed by atoms with Gasteiger partial charge in [0.15, 0.2) is 12.4 Å². The van der Waals surface area contributed by atoms with Gasteiger partial charge in [-0.15, -0.1) is 11.6 Å². The zero-order chi connectivity index (χ0) is 7.56. The maximum absolute atomic E-state index is 10.5. The van der Waals surface area contributed by atoms with Crippen LogP contribution in [0.15, 0.2) is 24.5 Å². The second-order valence-electron chi connectivity index (χ2n) is 2.11. The number of aromatic nitrogens is 1. The summed E-state index contributed by atoms with van der Waals surface area (Å²) in [6, 6.07) is 3.43. The van der Waals surface area contributed by atoms with Crippen LogP contribution in [0.3, 0.4) is 0 Å². The van der Waals surface area contributed by atoms with Crippen molar-refractivity contribution >= 4 is 11.6 Å². The van der Waals surface area contributed by atoms with Gasteiger partial charge in [-0.3, -0.25) is 0 Å². The van der Waals surface area contributed by atoms with Gasteiger partial charge in [-0.1, -0.05) is 0 Å². The zero-order valence-electron chi connectivity index (χ0n) is 5.62. The van der Waals surface area contributed by atoms with Crippen molar-refractivity contribution in [3.05, 3.63) is 35.3 Å². The molecule has 0 aliphatic heterocycles. The predicted octanol–water partition coefficient (Wildman–Crippen LogP) is 1.62. The molecule has 0 unspecified atom stereocenters. The molecular formula is C7H8ClNO. The van der Waals surface area contributed by atoms with Crippen LogP contribution in [0.2, 0.25) is 0 Å². The van der Waals surface area contributed by atoms with Crippen LogP contribution in [0, 0.1) is 5.21 Å². The number of halogens is 1. The first-order chi connectivity index (χ1) is 4.70. The molecule has 0 aromatic carbocycles. The molecule has 1 atom stereocenters. The van der Waals surface area contributed by atoms with Gasteiger partial charge in [0.05, 0.1) is 5.38 Å². The second kappa shape index (κ2) is 2.88. The van der Waals surface area contributed by atoms with Gasteiger partial charge >= 0.3 is 0 Å². The molecule has 1 aromatic heterocycles. The van der Waals surface area contributed by atoms with Crippen LogP contribution in [0.5, 0.6) is 0 Å². The average molecular weight is 158 g/mol. The van der Waals surface area contributed by atoms with Crippen molar-refractivity contribution in [2.75, 3.05) is 0 Å². The summed E-state index contributed by atoms with van der Waals surface area (Å²) in [4.78, 5) is 0. The molecule has 0 saturated carbocycles. The number of hydrogen-bond acceptors (Lipinski definition) is 1. The van der Waals surface area contributed by atoms with E-state index in [0.717, 1.165) is 10.3 Å². The van der Waals surface area contributed by atoms with Gasteiger partial charge in [0.1, 0.15) is 0 Å². The van der Waals surface area contributed by atoms with Crippen molar-refractivity contribution in [1.29, 1.82) is 0 Å². The van der Waals surface area contributed by atoms with E-state index in [4.69, 9.17) is 11.6 Å². The van der Waals surface area contributed by atoms with Crippen LogP contribution in [0.4, 0.5) is 0 Å². The van der Waals surface area contributed by atoms with Crippen LogP contribution in [-0.4, -0.2) is 0 Å². The largest absolute Gasteiger partial charge is 0.619 e. The van der Waals surface area contributed by atoms with Gasteiger partial charge in [0.25, 0.3) is 0 Å². The van der Waals surface area contributed by atoms with Gasteiger partial charge < -0.3 is 5.21 Å². The predicted molar refractivity (Wildman–Crippen MR) is 39.7 cm³/mol. The smallest absolute Gasteiger partial charge is 0.180 e. The summed E-state index contributed by atoms with van der Waals surface area (Å²) in [5.41, 5.74) is 0.966. The van der Waals surface area contributed by atoms with Gasteiger partial charge in [-0.2, -0.15) is 4.73 Å². The third kappa shape index (κ3) is 1.61. The second-order valence-corrected chi connectivity index (χ2v) is 2.76.